The van der Waals surface area contributed by atoms with Gasteiger partial charge >= 0.3 is 0 Å². The minimum absolute atomic E-state index is 0.0226. The van der Waals surface area contributed by atoms with E-state index in [-0.39, 0.29) is 9.92 Å². The predicted molar refractivity (Wildman–Crippen MR) is 95.5 cm³/mol. The molecule has 0 bridgehead atoms. The molecule has 126 valence electrons. The van der Waals surface area contributed by atoms with E-state index in [0.717, 1.165) is 0 Å². The van der Waals surface area contributed by atoms with E-state index in [0.29, 0.717) is 38.8 Å². The Labute approximate surface area is 149 Å². The van der Waals surface area contributed by atoms with E-state index in [9.17, 15) is 8.42 Å². The molecular weight excluding hydrogens is 371 g/mol. The number of nitrogens with zero attached hydrogens (tertiary/aromatic N) is 1. The molecule has 0 amide bonds. The average Bonchev–Trinajstić information content (AvgIpc) is 2.84. The zero-order chi connectivity index (χ0) is 17.6. The van der Waals surface area contributed by atoms with Gasteiger partial charge in [-0.3, -0.25) is 4.72 Å². The number of nitrogens with one attached hydrogen (secondary N) is 1. The molecule has 0 aliphatic heterocycles. The predicted octanol–water partition coefficient (Wildman–Crippen LogP) is 4.86. The molecule has 8 heteroatoms. The van der Waals surface area contributed by atoms with Crippen LogP contribution in [0.5, 0.6) is 0 Å². The summed E-state index contributed by atoms with van der Waals surface area (Å²) in [5, 5.41) is 0.502. The molecule has 3 aromatic rings. The van der Waals surface area contributed by atoms with Crippen molar-refractivity contribution in [2.45, 2.75) is 25.7 Å². The van der Waals surface area contributed by atoms with Crippen LogP contribution in [0.25, 0.3) is 11.1 Å². The van der Waals surface area contributed by atoms with Gasteiger partial charge in [0, 0.05) is 11.9 Å². The molecule has 2 aromatic carbocycles. The second-order valence-corrected chi connectivity index (χ2v) is 7.87. The molecular formula is C16H14Cl2N2O3S. The lowest BCUT2D eigenvalue weighted by Crippen LogP contribution is -2.15. The SMILES string of the molecule is Cc1nc2cc(NS(=O)(=O)c3c(C)c(Cl)cc(C)c3Cl)ccc2o1. The molecule has 0 unspecified atom stereocenters. The van der Waals surface area contributed by atoms with Crippen molar-refractivity contribution in [2.75, 3.05) is 4.72 Å². The normalized spacial score (nSPS) is 11.9. The number of rotatable bonds is 3. The number of anilines is 1. The maximum absolute atomic E-state index is 12.8. The molecule has 5 nitrogen and oxygen atoms in total. The fourth-order valence-electron chi connectivity index (χ4n) is 2.45. The molecule has 0 aliphatic carbocycles. The summed E-state index contributed by atoms with van der Waals surface area (Å²) >= 11 is 12.3. The summed E-state index contributed by atoms with van der Waals surface area (Å²) in [6, 6.07) is 6.50. The highest BCUT2D eigenvalue weighted by atomic mass is 35.5. The van der Waals surface area contributed by atoms with Gasteiger partial charge in [-0.2, -0.15) is 0 Å². The Balaban J connectivity index is 2.08. The Morgan fingerprint density at radius 2 is 1.83 bits per heavy atom. The summed E-state index contributed by atoms with van der Waals surface area (Å²) < 4.78 is 33.5. The first-order valence-corrected chi connectivity index (χ1v) is 9.28. The number of halogens is 2. The first kappa shape index (κ1) is 17.1. The van der Waals surface area contributed by atoms with E-state index in [2.05, 4.69) is 9.71 Å². The van der Waals surface area contributed by atoms with Crippen LogP contribution in [0.2, 0.25) is 10.0 Å². The third-order valence-electron chi connectivity index (χ3n) is 3.60. The van der Waals surface area contributed by atoms with Gasteiger partial charge in [-0.05, 0) is 49.2 Å². The van der Waals surface area contributed by atoms with Crippen LogP contribution in [0.15, 0.2) is 33.6 Å². The van der Waals surface area contributed by atoms with Crippen LogP contribution in [0.4, 0.5) is 5.69 Å². The smallest absolute Gasteiger partial charge is 0.263 e. The Kier molecular flexibility index (Phi) is 4.23. The van der Waals surface area contributed by atoms with Crippen LogP contribution < -0.4 is 4.72 Å². The molecule has 0 spiro atoms. The van der Waals surface area contributed by atoms with E-state index in [1.54, 1.807) is 45.0 Å². The van der Waals surface area contributed by atoms with Crippen molar-refractivity contribution in [3.63, 3.8) is 0 Å². The Bertz CT molecular complexity index is 1030. The van der Waals surface area contributed by atoms with Gasteiger partial charge in [0.2, 0.25) is 0 Å². The molecule has 1 heterocycles. The van der Waals surface area contributed by atoms with Crippen LogP contribution in [0.3, 0.4) is 0 Å². The molecule has 0 fully saturated rings. The third-order valence-corrected chi connectivity index (χ3v) is 6.15. The molecule has 0 saturated heterocycles. The lowest BCUT2D eigenvalue weighted by atomic mass is 10.2. The second-order valence-electron chi connectivity index (χ2n) is 5.46. The van der Waals surface area contributed by atoms with Gasteiger partial charge in [0.25, 0.3) is 10.0 Å². The van der Waals surface area contributed by atoms with E-state index >= 15 is 0 Å². The first-order chi connectivity index (χ1) is 11.2. The molecule has 1 aromatic heterocycles. The van der Waals surface area contributed by atoms with Crippen molar-refractivity contribution in [2.24, 2.45) is 0 Å². The van der Waals surface area contributed by atoms with Crippen molar-refractivity contribution in [1.29, 1.82) is 0 Å². The monoisotopic (exact) mass is 384 g/mol. The standard InChI is InChI=1S/C16H14Cl2N2O3S/c1-8-6-12(17)9(2)16(15(8)18)24(21,22)20-11-4-5-14-13(7-11)19-10(3)23-14/h4-7,20H,1-3H3. The van der Waals surface area contributed by atoms with Gasteiger partial charge in [0.15, 0.2) is 11.5 Å². The zero-order valence-corrected chi connectivity index (χ0v) is 15.5. The van der Waals surface area contributed by atoms with E-state index in [1.807, 2.05) is 0 Å². The van der Waals surface area contributed by atoms with Crippen molar-refractivity contribution in [3.8, 4) is 0 Å². The topological polar surface area (TPSA) is 72.2 Å². The van der Waals surface area contributed by atoms with Crippen LogP contribution >= 0.6 is 23.2 Å². The van der Waals surface area contributed by atoms with Gasteiger partial charge in [-0.25, -0.2) is 13.4 Å². The summed E-state index contributed by atoms with van der Waals surface area (Å²) in [4.78, 5) is 4.17. The number of fused-ring (bicyclic) bond motifs is 1. The number of aryl methyl sites for hydroxylation is 2. The van der Waals surface area contributed by atoms with E-state index in [1.165, 1.54) is 0 Å². The van der Waals surface area contributed by atoms with Crippen LogP contribution in [-0.4, -0.2) is 13.4 Å². The Morgan fingerprint density at radius 3 is 2.54 bits per heavy atom. The van der Waals surface area contributed by atoms with Gasteiger partial charge in [0.05, 0.1) is 10.7 Å². The number of hydrogen-bond donors (Lipinski definition) is 1. The Morgan fingerprint density at radius 1 is 1.12 bits per heavy atom. The van der Waals surface area contributed by atoms with Crippen LogP contribution in [-0.2, 0) is 10.0 Å². The van der Waals surface area contributed by atoms with Crippen molar-refractivity contribution < 1.29 is 12.8 Å². The highest BCUT2D eigenvalue weighted by Gasteiger charge is 2.24. The van der Waals surface area contributed by atoms with E-state index < -0.39 is 10.0 Å². The number of aromatic nitrogens is 1. The van der Waals surface area contributed by atoms with Gasteiger partial charge < -0.3 is 4.42 Å². The molecule has 0 atom stereocenters. The fourth-order valence-corrected chi connectivity index (χ4v) is 4.71. The highest BCUT2D eigenvalue weighted by Crippen LogP contribution is 2.34. The van der Waals surface area contributed by atoms with E-state index in [4.69, 9.17) is 27.6 Å². The lowest BCUT2D eigenvalue weighted by molar-refractivity contribution is 0.561. The summed E-state index contributed by atoms with van der Waals surface area (Å²) in [5.74, 6) is 0.509. The lowest BCUT2D eigenvalue weighted by Gasteiger charge is -2.14. The van der Waals surface area contributed by atoms with Crippen LogP contribution in [0.1, 0.15) is 17.0 Å². The maximum atomic E-state index is 12.8. The molecule has 0 saturated carbocycles. The number of benzene rings is 2. The number of sulfonamides is 1. The van der Waals surface area contributed by atoms with Gasteiger partial charge in [0.1, 0.15) is 10.4 Å². The molecule has 3 rings (SSSR count). The molecule has 0 radical (unpaired) electrons. The summed E-state index contributed by atoms with van der Waals surface area (Å²) in [7, 11) is -3.91. The number of hydrogen-bond acceptors (Lipinski definition) is 4. The average molecular weight is 385 g/mol. The summed E-state index contributed by atoms with van der Waals surface area (Å²) in [6.45, 7) is 5.05. The maximum Gasteiger partial charge on any atom is 0.263 e. The largest absolute Gasteiger partial charge is 0.441 e. The fraction of sp³-hybridized carbons (Fsp3) is 0.188. The van der Waals surface area contributed by atoms with Crippen molar-refractivity contribution >= 4 is 50.0 Å². The summed E-state index contributed by atoms with van der Waals surface area (Å²) in [6.07, 6.45) is 0. The quantitative estimate of drug-likeness (QED) is 0.699. The van der Waals surface area contributed by atoms with Gasteiger partial charge in [-0.1, -0.05) is 23.2 Å². The second kappa shape index (κ2) is 5.95. The number of oxazole rings is 1. The van der Waals surface area contributed by atoms with Gasteiger partial charge in [-0.15, -0.1) is 0 Å². The molecule has 0 aliphatic rings. The minimum atomic E-state index is -3.91. The van der Waals surface area contributed by atoms with Crippen LogP contribution in [0, 0.1) is 20.8 Å². The summed E-state index contributed by atoms with van der Waals surface area (Å²) in [5.41, 5.74) is 2.51. The van der Waals surface area contributed by atoms with Crippen molar-refractivity contribution in [3.05, 3.63) is 51.3 Å². The molecule has 1 N–H and O–H groups in total. The van der Waals surface area contributed by atoms with Crippen molar-refractivity contribution in [1.82, 2.24) is 4.98 Å². The molecule has 24 heavy (non-hydrogen) atoms. The zero-order valence-electron chi connectivity index (χ0n) is 13.1. The highest BCUT2D eigenvalue weighted by molar-refractivity contribution is 7.93. The minimum Gasteiger partial charge on any atom is -0.441 e. The third kappa shape index (κ3) is 2.97. The first-order valence-electron chi connectivity index (χ1n) is 7.04. The Hall–Kier alpha value is -1.76.